The largest absolute Gasteiger partial charge is 0.350 e. The summed E-state index contributed by atoms with van der Waals surface area (Å²) < 4.78 is 23.2. The molecule has 6 nitrogen and oxygen atoms in total. The van der Waals surface area contributed by atoms with Gasteiger partial charge in [-0.05, 0) is 49.9 Å². The lowest BCUT2D eigenvalue weighted by Crippen LogP contribution is -2.49. The molecule has 0 fully saturated rings. The van der Waals surface area contributed by atoms with Gasteiger partial charge in [0.1, 0.15) is 0 Å². The number of aryl methyl sites for hydroxylation is 1. The molecule has 1 rings (SSSR count). The monoisotopic (exact) mass is 327 g/mol. The molecule has 22 heavy (non-hydrogen) atoms. The molecule has 0 saturated carbocycles. The molecule has 1 amide bonds. The number of amides is 1. The van der Waals surface area contributed by atoms with Gasteiger partial charge in [0.25, 0.3) is 5.91 Å². The van der Waals surface area contributed by atoms with Crippen LogP contribution in [0.1, 0.15) is 48.2 Å². The van der Waals surface area contributed by atoms with Gasteiger partial charge in [-0.25, -0.2) is 13.6 Å². The summed E-state index contributed by atoms with van der Waals surface area (Å²) in [6.07, 6.45) is 1.47. The van der Waals surface area contributed by atoms with Crippen molar-refractivity contribution in [1.82, 2.24) is 5.32 Å². The van der Waals surface area contributed by atoms with Crippen LogP contribution in [0, 0.1) is 13.8 Å². The number of primary sulfonamides is 1. The van der Waals surface area contributed by atoms with Gasteiger partial charge in [0.05, 0.1) is 4.90 Å². The molecule has 0 aliphatic rings. The van der Waals surface area contributed by atoms with Crippen LogP contribution in [0.4, 0.5) is 0 Å². The van der Waals surface area contributed by atoms with Crippen molar-refractivity contribution in [2.24, 2.45) is 10.9 Å². The van der Waals surface area contributed by atoms with E-state index in [9.17, 15) is 13.2 Å². The lowest BCUT2D eigenvalue weighted by molar-refractivity contribution is 0.0942. The fraction of sp³-hybridized carbons (Fsp3) is 0.533. The first-order chi connectivity index (χ1) is 10.0. The molecule has 1 aromatic rings. The van der Waals surface area contributed by atoms with E-state index in [0.29, 0.717) is 17.7 Å². The lowest BCUT2D eigenvalue weighted by Gasteiger charge is -2.26. The first-order valence-electron chi connectivity index (χ1n) is 7.25. The predicted molar refractivity (Wildman–Crippen MR) is 87.1 cm³/mol. The van der Waals surface area contributed by atoms with Gasteiger partial charge in [0, 0.05) is 17.6 Å². The number of sulfonamides is 1. The molecule has 0 atom stereocenters. The minimum Gasteiger partial charge on any atom is -0.350 e. The Bertz CT molecular complexity index is 665. The second-order valence-electron chi connectivity index (χ2n) is 5.71. The number of carbonyl (C=O) groups excluding carboxylic acids is 1. The topological polar surface area (TPSA) is 115 Å². The molecular formula is C15H25N3O3S. The Morgan fingerprint density at radius 1 is 1.23 bits per heavy atom. The minimum absolute atomic E-state index is 0.0253. The van der Waals surface area contributed by atoms with Crippen molar-refractivity contribution in [2.45, 2.75) is 51.0 Å². The summed E-state index contributed by atoms with van der Waals surface area (Å²) in [4.78, 5) is 12.2. The second-order valence-corrected chi connectivity index (χ2v) is 7.24. The third-order valence-electron chi connectivity index (χ3n) is 4.20. The van der Waals surface area contributed by atoms with Crippen molar-refractivity contribution in [3.05, 3.63) is 28.8 Å². The number of benzene rings is 1. The minimum atomic E-state index is -3.87. The first-order valence-corrected chi connectivity index (χ1v) is 8.80. The molecule has 0 radical (unpaired) electrons. The number of nitrogens with one attached hydrogen (secondary N) is 1. The Kier molecular flexibility index (Phi) is 5.72. The van der Waals surface area contributed by atoms with Crippen molar-refractivity contribution >= 4 is 15.9 Å². The number of rotatable bonds is 6. The van der Waals surface area contributed by atoms with Crippen LogP contribution < -0.4 is 16.2 Å². The van der Waals surface area contributed by atoms with E-state index in [1.807, 2.05) is 13.8 Å². The Morgan fingerprint density at radius 3 is 2.23 bits per heavy atom. The molecule has 0 aliphatic heterocycles. The van der Waals surface area contributed by atoms with Crippen LogP contribution in [0.3, 0.4) is 0 Å². The Labute approximate surface area is 132 Å². The molecule has 124 valence electrons. The van der Waals surface area contributed by atoms with E-state index >= 15 is 0 Å². The highest BCUT2D eigenvalue weighted by Gasteiger charge is 2.22. The molecular weight excluding hydrogens is 302 g/mol. The Hall–Kier alpha value is -1.44. The van der Waals surface area contributed by atoms with E-state index in [-0.39, 0.29) is 16.4 Å². The average Bonchev–Trinajstić information content (AvgIpc) is 2.45. The quantitative estimate of drug-likeness (QED) is 0.728. The second kappa shape index (κ2) is 6.76. The summed E-state index contributed by atoms with van der Waals surface area (Å²) in [5.41, 5.74) is 7.20. The van der Waals surface area contributed by atoms with Crippen molar-refractivity contribution < 1.29 is 13.2 Å². The predicted octanol–water partition coefficient (Wildman–Crippen LogP) is 1.20. The van der Waals surface area contributed by atoms with Crippen molar-refractivity contribution in [1.29, 1.82) is 0 Å². The number of hydrogen-bond acceptors (Lipinski definition) is 4. The molecule has 0 spiro atoms. The lowest BCUT2D eigenvalue weighted by atomic mass is 9.94. The highest BCUT2D eigenvalue weighted by molar-refractivity contribution is 7.89. The highest BCUT2D eigenvalue weighted by Crippen LogP contribution is 2.20. The van der Waals surface area contributed by atoms with Crippen LogP contribution in [0.25, 0.3) is 0 Å². The number of hydrogen-bond donors (Lipinski definition) is 3. The average molecular weight is 327 g/mol. The zero-order valence-corrected chi connectivity index (χ0v) is 14.4. The maximum atomic E-state index is 12.3. The summed E-state index contributed by atoms with van der Waals surface area (Å²) in [5, 5.41) is 7.97. The van der Waals surface area contributed by atoms with Gasteiger partial charge >= 0.3 is 0 Å². The van der Waals surface area contributed by atoms with Crippen LogP contribution in [-0.2, 0) is 10.0 Å². The standard InChI is InChI=1S/C15H25N3O3S/c1-5-15(16,6-2)9-18-14(19)12-7-10(3)11(4)13(8-12)22(17,20)21/h7-8H,5-6,9,16H2,1-4H3,(H,18,19)(H2,17,20,21). The van der Waals surface area contributed by atoms with Gasteiger partial charge in [-0.15, -0.1) is 0 Å². The molecule has 5 N–H and O–H groups in total. The van der Waals surface area contributed by atoms with Gasteiger partial charge in [0.2, 0.25) is 10.0 Å². The van der Waals surface area contributed by atoms with Gasteiger partial charge < -0.3 is 11.1 Å². The normalized spacial score (nSPS) is 12.3. The van der Waals surface area contributed by atoms with Gasteiger partial charge in [-0.2, -0.15) is 0 Å². The third kappa shape index (κ3) is 4.28. The van der Waals surface area contributed by atoms with E-state index in [0.717, 1.165) is 12.8 Å². The van der Waals surface area contributed by atoms with Gasteiger partial charge in [-0.3, -0.25) is 4.79 Å². The summed E-state index contributed by atoms with van der Waals surface area (Å²) in [5.74, 6) is -0.357. The van der Waals surface area contributed by atoms with Crippen LogP contribution in [0.15, 0.2) is 17.0 Å². The fourth-order valence-electron chi connectivity index (χ4n) is 2.11. The molecule has 0 heterocycles. The molecule has 0 saturated heterocycles. The summed E-state index contributed by atoms with van der Waals surface area (Å²) >= 11 is 0. The van der Waals surface area contributed by atoms with Crippen LogP contribution in [0.2, 0.25) is 0 Å². The summed E-state index contributed by atoms with van der Waals surface area (Å²) in [6, 6.07) is 2.96. The molecule has 1 aromatic carbocycles. The molecule has 0 bridgehead atoms. The van der Waals surface area contributed by atoms with E-state index in [4.69, 9.17) is 10.9 Å². The third-order valence-corrected chi connectivity index (χ3v) is 5.23. The van der Waals surface area contributed by atoms with E-state index in [1.54, 1.807) is 19.9 Å². The maximum Gasteiger partial charge on any atom is 0.251 e. The van der Waals surface area contributed by atoms with Gasteiger partial charge in [-0.1, -0.05) is 13.8 Å². The molecule has 0 aliphatic carbocycles. The highest BCUT2D eigenvalue weighted by atomic mass is 32.2. The van der Waals surface area contributed by atoms with Crippen molar-refractivity contribution in [3.63, 3.8) is 0 Å². The van der Waals surface area contributed by atoms with Crippen LogP contribution in [-0.4, -0.2) is 26.4 Å². The Morgan fingerprint density at radius 2 is 1.77 bits per heavy atom. The Balaban J connectivity index is 3.08. The van der Waals surface area contributed by atoms with Crippen molar-refractivity contribution in [3.8, 4) is 0 Å². The number of carbonyl (C=O) groups is 1. The maximum absolute atomic E-state index is 12.3. The fourth-order valence-corrected chi connectivity index (χ4v) is 2.99. The molecule has 0 unspecified atom stereocenters. The van der Waals surface area contributed by atoms with Crippen LogP contribution in [0.5, 0.6) is 0 Å². The molecule has 7 heteroatoms. The van der Waals surface area contributed by atoms with E-state index < -0.39 is 15.6 Å². The summed E-state index contributed by atoms with van der Waals surface area (Å²) in [7, 11) is -3.87. The van der Waals surface area contributed by atoms with Gasteiger partial charge in [0.15, 0.2) is 0 Å². The van der Waals surface area contributed by atoms with Crippen molar-refractivity contribution in [2.75, 3.05) is 6.54 Å². The first kappa shape index (κ1) is 18.6. The van der Waals surface area contributed by atoms with E-state index in [1.165, 1.54) is 6.07 Å². The smallest absolute Gasteiger partial charge is 0.251 e. The van der Waals surface area contributed by atoms with Crippen LogP contribution >= 0.6 is 0 Å². The number of nitrogens with two attached hydrogens (primary N) is 2. The SMILES string of the molecule is CCC(N)(CC)CNC(=O)c1cc(C)c(C)c(S(N)(=O)=O)c1. The summed E-state index contributed by atoms with van der Waals surface area (Å²) in [6.45, 7) is 7.66. The zero-order valence-electron chi connectivity index (χ0n) is 13.6. The molecule has 0 aromatic heterocycles. The zero-order chi connectivity index (χ0) is 17.1. The van der Waals surface area contributed by atoms with E-state index in [2.05, 4.69) is 5.32 Å².